The van der Waals surface area contributed by atoms with Gasteiger partial charge in [-0.2, -0.15) is 10.1 Å². The normalized spacial score (nSPS) is 11.5. The number of nitrogens with one attached hydrogen (secondary N) is 3. The topological polar surface area (TPSA) is 119 Å². The second kappa shape index (κ2) is 10.5. The Hall–Kier alpha value is -5.06. The molecule has 210 valence electrons. The molecule has 2 aromatic carbocycles. The number of rotatable bonds is 5. The van der Waals surface area contributed by atoms with Gasteiger partial charge >= 0.3 is 6.03 Å². The second-order valence-corrected chi connectivity index (χ2v) is 10.8. The van der Waals surface area contributed by atoms with Crippen molar-refractivity contribution >= 4 is 34.5 Å². The van der Waals surface area contributed by atoms with Crippen LogP contribution >= 0.6 is 0 Å². The lowest BCUT2D eigenvalue weighted by Gasteiger charge is -2.14. The molecule has 0 saturated carbocycles. The van der Waals surface area contributed by atoms with Crippen LogP contribution in [-0.4, -0.2) is 37.4 Å². The van der Waals surface area contributed by atoms with Gasteiger partial charge in [-0.3, -0.25) is 14.7 Å². The number of urea groups is 1. The van der Waals surface area contributed by atoms with E-state index in [2.05, 4.69) is 25.9 Å². The van der Waals surface area contributed by atoms with Gasteiger partial charge in [0.25, 0.3) is 5.56 Å². The molecule has 3 N–H and O–H groups in total. The van der Waals surface area contributed by atoms with E-state index in [1.807, 2.05) is 51.1 Å². The molecule has 5 rings (SSSR count). The number of fused-ring (bicyclic) bond motifs is 1. The largest absolute Gasteiger partial charge is 0.357 e. The van der Waals surface area contributed by atoms with E-state index in [0.717, 1.165) is 11.4 Å². The number of aromatic nitrogens is 5. The van der Waals surface area contributed by atoms with Gasteiger partial charge in [-0.1, -0.05) is 39.0 Å². The Bertz CT molecular complexity index is 1840. The number of halogens is 1. The van der Waals surface area contributed by atoms with E-state index in [9.17, 15) is 9.59 Å². The number of hydrogen-bond acceptors (Lipinski definition) is 6. The summed E-state index contributed by atoms with van der Waals surface area (Å²) in [5.74, 6) is 0.183. The first-order valence-electron chi connectivity index (χ1n) is 13.1. The van der Waals surface area contributed by atoms with Gasteiger partial charge < -0.3 is 10.6 Å². The minimum Gasteiger partial charge on any atom is -0.357 e. The van der Waals surface area contributed by atoms with E-state index >= 15 is 4.39 Å². The highest BCUT2D eigenvalue weighted by Crippen LogP contribution is 2.30. The van der Waals surface area contributed by atoms with Crippen LogP contribution in [0.1, 0.15) is 32.0 Å². The molecular weight excluding hydrogens is 523 g/mol. The number of pyridine rings is 1. The summed E-state index contributed by atoms with van der Waals surface area (Å²) in [6.45, 7) is 7.79. The number of aryl methyl sites for hydroxylation is 2. The van der Waals surface area contributed by atoms with Crippen LogP contribution in [0.25, 0.3) is 27.8 Å². The minimum atomic E-state index is -0.657. The smallest absolute Gasteiger partial charge is 0.324 e. The first-order chi connectivity index (χ1) is 19.5. The number of amides is 2. The van der Waals surface area contributed by atoms with Gasteiger partial charge in [0.15, 0.2) is 0 Å². The van der Waals surface area contributed by atoms with Crippen LogP contribution in [0.2, 0.25) is 0 Å². The van der Waals surface area contributed by atoms with Gasteiger partial charge in [-0.25, -0.2) is 18.9 Å². The van der Waals surface area contributed by atoms with Crippen LogP contribution in [0, 0.1) is 12.7 Å². The molecule has 3 heterocycles. The van der Waals surface area contributed by atoms with E-state index in [0.29, 0.717) is 39.5 Å². The first kappa shape index (κ1) is 27.5. The molecule has 41 heavy (non-hydrogen) atoms. The number of para-hydroxylation sites is 1. The van der Waals surface area contributed by atoms with Crippen LogP contribution in [0.3, 0.4) is 0 Å². The second-order valence-electron chi connectivity index (χ2n) is 10.8. The summed E-state index contributed by atoms with van der Waals surface area (Å²) in [6, 6.07) is 15.0. The summed E-state index contributed by atoms with van der Waals surface area (Å²) in [6.07, 6.45) is 1.62. The van der Waals surface area contributed by atoms with Crippen LogP contribution in [0.5, 0.6) is 0 Å². The zero-order valence-electron chi connectivity index (χ0n) is 23.7. The number of anilines is 3. The quantitative estimate of drug-likeness (QED) is 0.260. The molecule has 0 aliphatic heterocycles. The lowest BCUT2D eigenvalue weighted by Crippen LogP contribution is -2.23. The van der Waals surface area contributed by atoms with Crippen LogP contribution in [-0.2, 0) is 12.5 Å². The van der Waals surface area contributed by atoms with Crippen molar-refractivity contribution in [3.8, 4) is 16.8 Å². The maximum Gasteiger partial charge on any atom is 0.324 e. The molecule has 2 amide bonds. The summed E-state index contributed by atoms with van der Waals surface area (Å²) >= 11 is 0. The lowest BCUT2D eigenvalue weighted by atomic mass is 9.92. The Morgan fingerprint density at radius 3 is 2.41 bits per heavy atom. The number of benzene rings is 2. The van der Waals surface area contributed by atoms with Gasteiger partial charge in [-0.05, 0) is 48.4 Å². The molecule has 0 radical (unpaired) electrons. The highest BCUT2D eigenvalue weighted by atomic mass is 19.1. The number of hydrogen-bond donors (Lipinski definition) is 3. The number of carbonyl (C=O) groups excluding carboxylic acids is 1. The third kappa shape index (κ3) is 5.38. The minimum absolute atomic E-state index is 0.0751. The van der Waals surface area contributed by atoms with Gasteiger partial charge in [0.2, 0.25) is 5.95 Å². The van der Waals surface area contributed by atoms with Crippen LogP contribution in [0.15, 0.2) is 65.6 Å². The summed E-state index contributed by atoms with van der Waals surface area (Å²) < 4.78 is 18.2. The van der Waals surface area contributed by atoms with Crippen molar-refractivity contribution in [3.05, 3.63) is 88.2 Å². The fourth-order valence-corrected chi connectivity index (χ4v) is 4.49. The molecule has 0 fully saturated rings. The molecule has 0 saturated heterocycles. The molecule has 3 aromatic heterocycles. The predicted molar refractivity (Wildman–Crippen MR) is 159 cm³/mol. The van der Waals surface area contributed by atoms with Crippen molar-refractivity contribution in [2.75, 3.05) is 23.0 Å². The maximum absolute atomic E-state index is 15.1. The lowest BCUT2D eigenvalue weighted by molar-refractivity contribution is 0.262. The Balaban J connectivity index is 1.49. The standard InChI is InChI=1S/C30H31FN8O2/c1-17-12-22(31)23(14-20(17)21-13-18-16-33-28(32-5)36-26(18)38(6)27(21)40)34-29(41)35-25-15-24(30(2,3)4)37-39(25)19-10-8-7-9-11-19/h7-16H,1-6H3,(H,32,33,36)(H2,34,35,41). The molecule has 0 aliphatic carbocycles. The predicted octanol–water partition coefficient (Wildman–Crippen LogP) is 5.61. The van der Waals surface area contributed by atoms with Crippen molar-refractivity contribution < 1.29 is 9.18 Å². The average Bonchev–Trinajstić information content (AvgIpc) is 3.37. The number of nitrogens with zero attached hydrogens (tertiary/aromatic N) is 5. The van der Waals surface area contributed by atoms with E-state index < -0.39 is 11.8 Å². The first-order valence-corrected chi connectivity index (χ1v) is 13.1. The van der Waals surface area contributed by atoms with Crippen molar-refractivity contribution in [2.24, 2.45) is 7.05 Å². The maximum atomic E-state index is 15.1. The van der Waals surface area contributed by atoms with Gasteiger partial charge in [0, 0.05) is 42.7 Å². The van der Waals surface area contributed by atoms with Crippen molar-refractivity contribution in [3.63, 3.8) is 0 Å². The van der Waals surface area contributed by atoms with E-state index in [1.54, 1.807) is 44.0 Å². The van der Waals surface area contributed by atoms with E-state index in [4.69, 9.17) is 5.10 Å². The zero-order valence-corrected chi connectivity index (χ0v) is 23.7. The molecular formula is C30H31FN8O2. The Kier molecular flexibility index (Phi) is 7.04. The van der Waals surface area contributed by atoms with Crippen LogP contribution < -0.4 is 21.5 Å². The van der Waals surface area contributed by atoms with E-state index in [1.165, 1.54) is 16.7 Å². The number of carbonyl (C=O) groups is 1. The fraction of sp³-hybridized carbons (Fsp3) is 0.233. The third-order valence-electron chi connectivity index (χ3n) is 6.74. The summed E-state index contributed by atoms with van der Waals surface area (Å²) in [4.78, 5) is 35.1. The molecule has 0 aliphatic rings. The van der Waals surface area contributed by atoms with Gasteiger partial charge in [-0.15, -0.1) is 0 Å². The Labute approximate surface area is 236 Å². The van der Waals surface area contributed by atoms with Gasteiger partial charge in [0.05, 0.1) is 17.1 Å². The fourth-order valence-electron chi connectivity index (χ4n) is 4.49. The molecule has 0 spiro atoms. The third-order valence-corrected chi connectivity index (χ3v) is 6.74. The molecule has 0 atom stereocenters. The van der Waals surface area contributed by atoms with Gasteiger partial charge in [0.1, 0.15) is 17.3 Å². The summed E-state index contributed by atoms with van der Waals surface area (Å²) in [7, 11) is 3.31. The highest BCUT2D eigenvalue weighted by molar-refractivity contribution is 6.00. The van der Waals surface area contributed by atoms with E-state index in [-0.39, 0.29) is 16.7 Å². The molecule has 11 heteroatoms. The molecule has 10 nitrogen and oxygen atoms in total. The SMILES string of the molecule is CNc1ncc2cc(-c3cc(NC(=O)Nc4cc(C(C)(C)C)nn4-c4ccccc4)c(F)cc3C)c(=O)n(C)c2n1. The van der Waals surface area contributed by atoms with Crippen molar-refractivity contribution in [2.45, 2.75) is 33.1 Å². The zero-order chi connectivity index (χ0) is 29.5. The summed E-state index contributed by atoms with van der Waals surface area (Å²) in [5.41, 5.74) is 2.69. The Morgan fingerprint density at radius 1 is 1.00 bits per heavy atom. The van der Waals surface area contributed by atoms with Crippen molar-refractivity contribution in [1.82, 2.24) is 24.3 Å². The Morgan fingerprint density at radius 2 is 1.73 bits per heavy atom. The van der Waals surface area contributed by atoms with Crippen LogP contribution in [0.4, 0.5) is 26.6 Å². The molecule has 0 unspecified atom stereocenters. The average molecular weight is 555 g/mol. The summed E-state index contributed by atoms with van der Waals surface area (Å²) in [5, 5.41) is 13.6. The van der Waals surface area contributed by atoms with Crippen molar-refractivity contribution in [1.29, 1.82) is 0 Å². The molecule has 5 aromatic rings. The highest BCUT2D eigenvalue weighted by Gasteiger charge is 2.22. The molecule has 0 bridgehead atoms. The monoisotopic (exact) mass is 554 g/mol.